The number of carbonyl (C=O) groups is 1. The van der Waals surface area contributed by atoms with Crippen molar-refractivity contribution < 1.29 is 9.53 Å². The fourth-order valence-corrected chi connectivity index (χ4v) is 3.29. The Labute approximate surface area is 152 Å². The minimum absolute atomic E-state index is 0.0989. The first-order valence-electron chi connectivity index (χ1n) is 8.82. The van der Waals surface area contributed by atoms with Gasteiger partial charge in [0.25, 0.3) is 5.91 Å². The summed E-state index contributed by atoms with van der Waals surface area (Å²) in [6.07, 6.45) is 2.28. The van der Waals surface area contributed by atoms with Crippen LogP contribution in [0.1, 0.15) is 46.1 Å². The Morgan fingerprint density at radius 2 is 2.15 bits per heavy atom. The summed E-state index contributed by atoms with van der Waals surface area (Å²) < 4.78 is 7.00. The van der Waals surface area contributed by atoms with E-state index in [9.17, 15) is 4.79 Å². The average Bonchev–Trinajstić information content (AvgIpc) is 3.46. The molecule has 1 saturated carbocycles. The largest absolute Gasteiger partial charge is 0.497 e. The molecule has 1 N–H and O–H groups in total. The minimum atomic E-state index is -0.0989. The molecule has 0 atom stereocenters. The Hall–Kier alpha value is -2.89. The molecular weight excluding hydrogens is 328 g/mol. The molecular formula is C20H22N4O2. The summed E-state index contributed by atoms with van der Waals surface area (Å²) in [5, 5.41) is 8.31. The topological polar surface area (TPSA) is 69.0 Å². The molecule has 0 bridgehead atoms. The Morgan fingerprint density at radius 1 is 1.35 bits per heavy atom. The Kier molecular flexibility index (Phi) is 4.11. The van der Waals surface area contributed by atoms with Crippen molar-refractivity contribution in [1.29, 1.82) is 0 Å². The molecule has 1 fully saturated rings. The predicted octanol–water partition coefficient (Wildman–Crippen LogP) is 3.09. The van der Waals surface area contributed by atoms with Crippen molar-refractivity contribution in [2.24, 2.45) is 7.05 Å². The maximum absolute atomic E-state index is 12.9. The lowest BCUT2D eigenvalue weighted by Crippen LogP contribution is -2.23. The molecule has 1 aromatic carbocycles. The number of aromatic nitrogens is 3. The van der Waals surface area contributed by atoms with Crippen LogP contribution in [-0.2, 0) is 13.6 Å². The van der Waals surface area contributed by atoms with Crippen LogP contribution in [0.4, 0.5) is 0 Å². The van der Waals surface area contributed by atoms with Gasteiger partial charge in [0.1, 0.15) is 5.75 Å². The van der Waals surface area contributed by atoms with E-state index in [1.807, 2.05) is 44.3 Å². The van der Waals surface area contributed by atoms with Crippen molar-refractivity contribution in [3.63, 3.8) is 0 Å². The number of fused-ring (bicyclic) bond motifs is 1. The Morgan fingerprint density at radius 3 is 2.88 bits per heavy atom. The molecule has 0 saturated heterocycles. The van der Waals surface area contributed by atoms with Crippen LogP contribution in [0.5, 0.6) is 5.75 Å². The van der Waals surface area contributed by atoms with E-state index in [0.717, 1.165) is 46.6 Å². The van der Waals surface area contributed by atoms with Crippen molar-refractivity contribution >= 4 is 16.9 Å². The molecule has 1 aliphatic rings. The van der Waals surface area contributed by atoms with E-state index in [1.54, 1.807) is 11.8 Å². The molecule has 1 aliphatic carbocycles. The third kappa shape index (κ3) is 3.03. The number of hydrogen-bond acceptors (Lipinski definition) is 4. The second-order valence-corrected chi connectivity index (χ2v) is 6.81. The van der Waals surface area contributed by atoms with Gasteiger partial charge < -0.3 is 10.1 Å². The standard InChI is InChI=1S/C20H22N4O2/c1-12-18-16(10-17(14-7-8-14)22-19(18)24(2)23-12)20(25)21-11-13-5-4-6-15(9-13)26-3/h4-6,9-10,14H,7-8,11H2,1-3H3,(H,21,25). The van der Waals surface area contributed by atoms with Crippen LogP contribution in [-0.4, -0.2) is 27.8 Å². The first kappa shape index (κ1) is 16.6. The van der Waals surface area contributed by atoms with E-state index in [4.69, 9.17) is 9.72 Å². The van der Waals surface area contributed by atoms with E-state index in [0.29, 0.717) is 18.0 Å². The van der Waals surface area contributed by atoms with E-state index >= 15 is 0 Å². The fraction of sp³-hybridized carbons (Fsp3) is 0.350. The van der Waals surface area contributed by atoms with Gasteiger partial charge >= 0.3 is 0 Å². The van der Waals surface area contributed by atoms with Gasteiger partial charge in [0.05, 0.1) is 23.8 Å². The van der Waals surface area contributed by atoms with Crippen LogP contribution >= 0.6 is 0 Å². The normalized spacial score (nSPS) is 13.8. The van der Waals surface area contributed by atoms with Gasteiger partial charge in [-0.15, -0.1) is 0 Å². The number of pyridine rings is 1. The number of nitrogens with zero attached hydrogens (tertiary/aromatic N) is 3. The maximum Gasteiger partial charge on any atom is 0.252 e. The van der Waals surface area contributed by atoms with Gasteiger partial charge in [-0.05, 0) is 43.5 Å². The van der Waals surface area contributed by atoms with Gasteiger partial charge in [0.2, 0.25) is 0 Å². The average molecular weight is 350 g/mol. The van der Waals surface area contributed by atoms with Crippen molar-refractivity contribution in [3.05, 3.63) is 52.8 Å². The molecule has 0 radical (unpaired) electrons. The summed E-state index contributed by atoms with van der Waals surface area (Å²) >= 11 is 0. The summed E-state index contributed by atoms with van der Waals surface area (Å²) in [6.45, 7) is 2.36. The SMILES string of the molecule is COc1cccc(CNC(=O)c2cc(C3CC3)nc3c2c(C)nn3C)c1. The highest BCUT2D eigenvalue weighted by molar-refractivity contribution is 6.06. The number of benzene rings is 1. The molecule has 2 aromatic heterocycles. The van der Waals surface area contributed by atoms with Gasteiger partial charge in [-0.1, -0.05) is 12.1 Å². The number of methoxy groups -OCH3 is 1. The Bertz CT molecular complexity index is 989. The number of amides is 1. The molecule has 0 aliphatic heterocycles. The summed E-state index contributed by atoms with van der Waals surface area (Å²) in [4.78, 5) is 17.7. The van der Waals surface area contributed by atoms with Gasteiger partial charge in [-0.2, -0.15) is 5.10 Å². The summed E-state index contributed by atoms with van der Waals surface area (Å²) in [5.74, 6) is 1.15. The highest BCUT2D eigenvalue weighted by Gasteiger charge is 2.28. The van der Waals surface area contributed by atoms with Crippen LogP contribution < -0.4 is 10.1 Å². The zero-order valence-electron chi connectivity index (χ0n) is 15.2. The first-order valence-corrected chi connectivity index (χ1v) is 8.82. The lowest BCUT2D eigenvalue weighted by atomic mass is 10.1. The number of rotatable bonds is 5. The second-order valence-electron chi connectivity index (χ2n) is 6.81. The molecule has 6 nitrogen and oxygen atoms in total. The lowest BCUT2D eigenvalue weighted by Gasteiger charge is -2.10. The van der Waals surface area contributed by atoms with Crippen molar-refractivity contribution in [2.75, 3.05) is 7.11 Å². The number of ether oxygens (including phenoxy) is 1. The highest BCUT2D eigenvalue weighted by Crippen LogP contribution is 2.40. The molecule has 0 unspecified atom stereocenters. The molecule has 1 amide bonds. The van der Waals surface area contributed by atoms with E-state index in [-0.39, 0.29) is 5.91 Å². The third-order valence-electron chi connectivity index (χ3n) is 4.82. The molecule has 26 heavy (non-hydrogen) atoms. The minimum Gasteiger partial charge on any atom is -0.497 e. The zero-order valence-corrected chi connectivity index (χ0v) is 15.2. The number of aryl methyl sites for hydroxylation is 2. The van der Waals surface area contributed by atoms with Crippen LogP contribution in [0.3, 0.4) is 0 Å². The lowest BCUT2D eigenvalue weighted by molar-refractivity contribution is 0.0952. The van der Waals surface area contributed by atoms with Gasteiger partial charge in [-0.25, -0.2) is 4.98 Å². The summed E-state index contributed by atoms with van der Waals surface area (Å²) in [7, 11) is 3.51. The molecule has 134 valence electrons. The highest BCUT2D eigenvalue weighted by atomic mass is 16.5. The van der Waals surface area contributed by atoms with Gasteiger partial charge in [-0.3, -0.25) is 9.48 Å². The third-order valence-corrected chi connectivity index (χ3v) is 4.82. The predicted molar refractivity (Wildman–Crippen MR) is 99.4 cm³/mol. The van der Waals surface area contributed by atoms with Crippen molar-refractivity contribution in [1.82, 2.24) is 20.1 Å². The summed E-state index contributed by atoms with van der Waals surface area (Å²) in [6, 6.07) is 9.64. The number of carbonyl (C=O) groups excluding carboxylic acids is 1. The molecule has 4 rings (SSSR count). The van der Waals surface area contributed by atoms with E-state index in [2.05, 4.69) is 10.4 Å². The summed E-state index contributed by atoms with van der Waals surface area (Å²) in [5.41, 5.74) is 4.24. The van der Waals surface area contributed by atoms with E-state index < -0.39 is 0 Å². The monoisotopic (exact) mass is 350 g/mol. The first-order chi connectivity index (χ1) is 12.6. The van der Waals surface area contributed by atoms with Gasteiger partial charge in [0, 0.05) is 25.2 Å². The zero-order chi connectivity index (χ0) is 18.3. The maximum atomic E-state index is 12.9. The van der Waals surface area contributed by atoms with Crippen LogP contribution in [0.25, 0.3) is 11.0 Å². The second kappa shape index (κ2) is 6.44. The van der Waals surface area contributed by atoms with Crippen LogP contribution in [0.2, 0.25) is 0 Å². The molecule has 2 heterocycles. The molecule has 0 spiro atoms. The van der Waals surface area contributed by atoms with E-state index in [1.165, 1.54) is 0 Å². The number of hydrogen-bond donors (Lipinski definition) is 1. The number of nitrogens with one attached hydrogen (secondary N) is 1. The van der Waals surface area contributed by atoms with Crippen molar-refractivity contribution in [2.45, 2.75) is 32.2 Å². The fourth-order valence-electron chi connectivity index (χ4n) is 3.29. The van der Waals surface area contributed by atoms with Crippen LogP contribution in [0.15, 0.2) is 30.3 Å². The molecule has 3 aromatic rings. The van der Waals surface area contributed by atoms with Crippen molar-refractivity contribution in [3.8, 4) is 5.75 Å². The molecule has 6 heteroatoms. The van der Waals surface area contributed by atoms with Crippen LogP contribution in [0, 0.1) is 6.92 Å². The smallest absolute Gasteiger partial charge is 0.252 e. The quantitative estimate of drug-likeness (QED) is 0.768. The Balaban J connectivity index is 1.65. The van der Waals surface area contributed by atoms with Gasteiger partial charge in [0.15, 0.2) is 5.65 Å².